The first-order chi connectivity index (χ1) is 9.36. The van der Waals surface area contributed by atoms with E-state index in [0.717, 1.165) is 5.56 Å². The van der Waals surface area contributed by atoms with Crippen molar-refractivity contribution in [1.29, 1.82) is 5.41 Å². The molecule has 0 aromatic heterocycles. The zero-order chi connectivity index (χ0) is 15.7. The fraction of sp³-hybridized carbons (Fsp3) is 0.500. The van der Waals surface area contributed by atoms with Gasteiger partial charge in [-0.05, 0) is 19.4 Å². The van der Waals surface area contributed by atoms with Gasteiger partial charge >= 0.3 is 0 Å². The van der Waals surface area contributed by atoms with Crippen LogP contribution in [0.2, 0.25) is 0 Å². The zero-order valence-electron chi connectivity index (χ0n) is 13.2. The molecule has 2 atom stereocenters. The van der Waals surface area contributed by atoms with Gasteiger partial charge in [-0.3, -0.25) is 10.2 Å². The van der Waals surface area contributed by atoms with Crippen molar-refractivity contribution in [2.45, 2.75) is 46.1 Å². The van der Waals surface area contributed by atoms with E-state index >= 15 is 0 Å². The average molecular weight is 279 g/mol. The summed E-state index contributed by atoms with van der Waals surface area (Å²) in [6.07, 6.45) is 1.25. The summed E-state index contributed by atoms with van der Waals surface area (Å²) in [6, 6.07) is 9.22. The molecule has 4 heteroatoms. The van der Waals surface area contributed by atoms with Crippen molar-refractivity contribution < 1.29 is 6.22 Å². The maximum atomic E-state index is 12.2. The molecule has 0 saturated carbocycles. The molecule has 0 aliphatic heterocycles. The van der Waals surface area contributed by atoms with Crippen LogP contribution in [0, 0.1) is 5.41 Å². The van der Waals surface area contributed by atoms with E-state index in [-0.39, 0.29) is 25.1 Å². The Morgan fingerprint density at radius 2 is 1.75 bits per heavy atom. The summed E-state index contributed by atoms with van der Waals surface area (Å²) in [4.78, 5) is 13.7. The van der Waals surface area contributed by atoms with Crippen LogP contribution in [0.15, 0.2) is 30.3 Å². The third-order valence-corrected chi connectivity index (χ3v) is 3.05. The smallest absolute Gasteiger partial charge is 0.230 e. The van der Waals surface area contributed by atoms with E-state index in [4.69, 9.17) is 11.1 Å². The van der Waals surface area contributed by atoms with E-state index in [9.17, 15) is 4.79 Å². The van der Waals surface area contributed by atoms with Gasteiger partial charge in [0.05, 0.1) is 12.0 Å². The largest absolute Gasteiger partial charge is 0.386 e. The highest BCUT2D eigenvalue weighted by atomic mass is 16.2. The number of nitrogens with two attached hydrogens (primary N) is 1. The van der Waals surface area contributed by atoms with E-state index in [1.807, 2.05) is 37.3 Å². The molecule has 0 fully saturated rings. The second kappa shape index (κ2) is 9.13. The summed E-state index contributed by atoms with van der Waals surface area (Å²) in [6.45, 7) is 7.86. The third kappa shape index (κ3) is 5.43. The monoisotopic (exact) mass is 279 g/mol. The number of hydrogen-bond acceptors (Lipinski definition) is 2. The molecule has 1 aromatic carbocycles. The highest BCUT2D eigenvalue weighted by Crippen LogP contribution is 2.17. The summed E-state index contributed by atoms with van der Waals surface area (Å²) in [5, 5.41) is 7.35. The first kappa shape index (κ1) is 18.2. The second-order valence-corrected chi connectivity index (χ2v) is 4.92. The van der Waals surface area contributed by atoms with Gasteiger partial charge in [-0.25, -0.2) is 0 Å². The Bertz CT molecular complexity index is 423. The molecule has 3 N–H and O–H groups in total. The molecule has 0 spiro atoms. The second-order valence-electron chi connectivity index (χ2n) is 4.92. The van der Waals surface area contributed by atoms with E-state index in [1.165, 1.54) is 11.3 Å². The molecule has 0 aliphatic carbocycles. The van der Waals surface area contributed by atoms with E-state index in [1.54, 1.807) is 14.0 Å². The average Bonchev–Trinajstić information content (AvgIpc) is 2.45. The molecular formula is C16H29N3O. The predicted octanol–water partition coefficient (Wildman–Crippen LogP) is 3.24. The van der Waals surface area contributed by atoms with E-state index in [2.05, 4.69) is 13.8 Å². The molecule has 0 saturated heterocycles. The van der Waals surface area contributed by atoms with Gasteiger partial charge in [0.1, 0.15) is 5.84 Å². The van der Waals surface area contributed by atoms with Crippen LogP contribution in [0.1, 0.15) is 47.0 Å². The Kier molecular flexibility index (Phi) is 8.29. The zero-order valence-corrected chi connectivity index (χ0v) is 13.2. The number of carbonyl (C=O) groups excluding carboxylic acids is 1. The van der Waals surface area contributed by atoms with Gasteiger partial charge in [0.2, 0.25) is 5.91 Å². The van der Waals surface area contributed by atoms with Crippen molar-refractivity contribution in [2.24, 2.45) is 5.73 Å². The quantitative estimate of drug-likeness (QED) is 0.656. The van der Waals surface area contributed by atoms with E-state index in [0.29, 0.717) is 0 Å². The van der Waals surface area contributed by atoms with Gasteiger partial charge in [0, 0.05) is 8.47 Å². The number of hydrogen-bond donors (Lipinski definition) is 2. The fourth-order valence-electron chi connectivity index (χ4n) is 1.59. The van der Waals surface area contributed by atoms with Gasteiger partial charge in [0.25, 0.3) is 0 Å². The number of nitrogens with zero attached hydrogens (tertiary/aromatic N) is 1. The molecule has 1 aromatic rings. The molecule has 0 heterocycles. The Labute approximate surface area is 124 Å². The molecule has 0 aliphatic rings. The van der Waals surface area contributed by atoms with Crippen LogP contribution >= 0.6 is 0 Å². The van der Waals surface area contributed by atoms with Crippen molar-refractivity contribution in [3.63, 3.8) is 0 Å². The summed E-state index contributed by atoms with van der Waals surface area (Å²) in [5.74, 6) is -0.247. The minimum absolute atomic E-state index is 0. The van der Waals surface area contributed by atoms with Crippen molar-refractivity contribution in [2.75, 3.05) is 7.05 Å². The SMILES string of the molecule is CC(C(=O)N(C)C(C)C(=N)N)c1ccccc1.CCC.[HH]. The number of rotatable bonds is 4. The Morgan fingerprint density at radius 1 is 1.30 bits per heavy atom. The standard InChI is InChI=1S/C13H19N3O.C3H8.H2/c1-9(11-7-5-4-6-8-11)13(17)16(3)10(2)12(14)15;1-3-2;/h4-10H,1-3H3,(H3,14,15);3H2,1-2H3;1H. The number of benzene rings is 1. The van der Waals surface area contributed by atoms with Crippen LogP contribution in [0.25, 0.3) is 0 Å². The van der Waals surface area contributed by atoms with Gasteiger partial charge < -0.3 is 10.6 Å². The molecule has 2 unspecified atom stereocenters. The molecule has 1 rings (SSSR count). The van der Waals surface area contributed by atoms with Gasteiger partial charge in [-0.15, -0.1) is 0 Å². The molecule has 20 heavy (non-hydrogen) atoms. The van der Waals surface area contributed by atoms with Crippen LogP contribution in [0.4, 0.5) is 0 Å². The minimum atomic E-state index is -0.367. The normalized spacial score (nSPS) is 12.7. The lowest BCUT2D eigenvalue weighted by Crippen LogP contribution is -2.44. The third-order valence-electron chi connectivity index (χ3n) is 3.05. The maximum absolute atomic E-state index is 12.2. The van der Waals surface area contributed by atoms with Crippen molar-refractivity contribution in [3.05, 3.63) is 35.9 Å². The summed E-state index contributed by atoms with van der Waals surface area (Å²) >= 11 is 0. The van der Waals surface area contributed by atoms with Crippen LogP contribution in [-0.4, -0.2) is 29.7 Å². The lowest BCUT2D eigenvalue weighted by Gasteiger charge is -2.26. The number of carbonyl (C=O) groups is 1. The van der Waals surface area contributed by atoms with Crippen LogP contribution < -0.4 is 5.73 Å². The molecule has 4 nitrogen and oxygen atoms in total. The molecular weight excluding hydrogens is 250 g/mol. The van der Waals surface area contributed by atoms with Crippen LogP contribution in [0.5, 0.6) is 0 Å². The first-order valence-electron chi connectivity index (χ1n) is 7.02. The lowest BCUT2D eigenvalue weighted by atomic mass is 9.99. The highest BCUT2D eigenvalue weighted by Gasteiger charge is 2.23. The van der Waals surface area contributed by atoms with Crippen molar-refractivity contribution in [1.82, 2.24) is 4.90 Å². The van der Waals surface area contributed by atoms with Crippen molar-refractivity contribution in [3.8, 4) is 0 Å². The van der Waals surface area contributed by atoms with Gasteiger partial charge in [-0.2, -0.15) is 0 Å². The predicted molar refractivity (Wildman–Crippen MR) is 87.1 cm³/mol. The van der Waals surface area contributed by atoms with Gasteiger partial charge in [0.15, 0.2) is 0 Å². The molecule has 0 bridgehead atoms. The summed E-state index contributed by atoms with van der Waals surface area (Å²) in [5.41, 5.74) is 6.38. The molecule has 114 valence electrons. The summed E-state index contributed by atoms with van der Waals surface area (Å²) in [7, 11) is 1.67. The molecule has 1 amide bonds. The Hall–Kier alpha value is -1.84. The number of nitrogens with one attached hydrogen (secondary N) is 1. The number of amidine groups is 1. The topological polar surface area (TPSA) is 70.2 Å². The first-order valence-corrected chi connectivity index (χ1v) is 7.02. The lowest BCUT2D eigenvalue weighted by molar-refractivity contribution is -0.131. The number of amides is 1. The van der Waals surface area contributed by atoms with Crippen molar-refractivity contribution >= 4 is 11.7 Å². The Balaban J connectivity index is 0. The molecule has 0 radical (unpaired) electrons. The number of likely N-dealkylation sites (N-methyl/N-ethyl adjacent to an activating group) is 1. The minimum Gasteiger partial charge on any atom is -0.386 e. The van der Waals surface area contributed by atoms with Crippen LogP contribution in [0.3, 0.4) is 0 Å². The Morgan fingerprint density at radius 3 is 2.15 bits per heavy atom. The summed E-state index contributed by atoms with van der Waals surface area (Å²) < 4.78 is 0. The highest BCUT2D eigenvalue weighted by molar-refractivity contribution is 5.90. The van der Waals surface area contributed by atoms with E-state index < -0.39 is 0 Å². The maximum Gasteiger partial charge on any atom is 0.230 e. The van der Waals surface area contributed by atoms with Gasteiger partial charge in [-0.1, -0.05) is 50.6 Å². The fourth-order valence-corrected chi connectivity index (χ4v) is 1.59. The van der Waals surface area contributed by atoms with Crippen LogP contribution in [-0.2, 0) is 4.79 Å².